The van der Waals surface area contributed by atoms with Gasteiger partial charge in [-0.05, 0) is 71.0 Å². The van der Waals surface area contributed by atoms with Gasteiger partial charge in [0.25, 0.3) is 0 Å². The van der Waals surface area contributed by atoms with Crippen molar-refractivity contribution >= 4 is 0 Å². The SMILES string of the molecule is CN(C)C1CCC(N)(c2nccc(-c3cnn(C)c3CC3CC3)n2)CC1. The summed E-state index contributed by atoms with van der Waals surface area (Å²) in [6.07, 6.45) is 11.6. The fourth-order valence-electron chi connectivity index (χ4n) is 4.12. The number of hydrogen-bond donors (Lipinski definition) is 1. The molecule has 2 aliphatic carbocycles. The molecule has 2 fully saturated rings. The van der Waals surface area contributed by atoms with Crippen molar-refractivity contribution in [2.24, 2.45) is 18.7 Å². The molecule has 140 valence electrons. The summed E-state index contributed by atoms with van der Waals surface area (Å²) in [6.45, 7) is 0. The van der Waals surface area contributed by atoms with Gasteiger partial charge in [0, 0.05) is 30.5 Å². The Morgan fingerprint density at radius 3 is 2.62 bits per heavy atom. The fraction of sp³-hybridized carbons (Fsp3) is 0.650. The highest BCUT2D eigenvalue weighted by Gasteiger charge is 2.36. The smallest absolute Gasteiger partial charge is 0.148 e. The predicted octanol–water partition coefficient (Wildman–Crippen LogP) is 2.49. The molecule has 6 heteroatoms. The summed E-state index contributed by atoms with van der Waals surface area (Å²) in [5.74, 6) is 1.60. The average Bonchev–Trinajstić information content (AvgIpc) is 3.38. The monoisotopic (exact) mass is 354 g/mol. The number of aryl methyl sites for hydroxylation is 1. The van der Waals surface area contributed by atoms with E-state index in [1.807, 2.05) is 30.2 Å². The summed E-state index contributed by atoms with van der Waals surface area (Å²) in [5, 5.41) is 4.48. The molecule has 2 aliphatic rings. The minimum atomic E-state index is -0.415. The Morgan fingerprint density at radius 2 is 1.96 bits per heavy atom. The molecule has 0 atom stereocenters. The third kappa shape index (κ3) is 3.40. The van der Waals surface area contributed by atoms with E-state index in [0.29, 0.717) is 6.04 Å². The second kappa shape index (κ2) is 6.74. The molecule has 0 bridgehead atoms. The van der Waals surface area contributed by atoms with Crippen LogP contribution < -0.4 is 5.73 Å². The zero-order valence-corrected chi connectivity index (χ0v) is 16.1. The first-order valence-corrected chi connectivity index (χ1v) is 9.76. The topological polar surface area (TPSA) is 72.9 Å². The van der Waals surface area contributed by atoms with Crippen LogP contribution in [0.1, 0.15) is 50.0 Å². The van der Waals surface area contributed by atoms with Crippen molar-refractivity contribution in [2.75, 3.05) is 14.1 Å². The Morgan fingerprint density at radius 1 is 1.23 bits per heavy atom. The van der Waals surface area contributed by atoms with E-state index < -0.39 is 5.54 Å². The Balaban J connectivity index is 1.60. The van der Waals surface area contributed by atoms with Gasteiger partial charge in [-0.1, -0.05) is 0 Å². The third-order valence-corrected chi connectivity index (χ3v) is 6.20. The van der Waals surface area contributed by atoms with Crippen molar-refractivity contribution in [3.05, 3.63) is 30.0 Å². The van der Waals surface area contributed by atoms with E-state index in [4.69, 9.17) is 10.7 Å². The van der Waals surface area contributed by atoms with Crippen LogP contribution in [0.3, 0.4) is 0 Å². The van der Waals surface area contributed by atoms with Crippen LogP contribution in [0, 0.1) is 5.92 Å². The number of aromatic nitrogens is 4. The van der Waals surface area contributed by atoms with Gasteiger partial charge in [-0.2, -0.15) is 5.10 Å². The second-order valence-corrected chi connectivity index (χ2v) is 8.39. The van der Waals surface area contributed by atoms with E-state index in [0.717, 1.165) is 55.1 Å². The van der Waals surface area contributed by atoms with Gasteiger partial charge in [0.15, 0.2) is 0 Å². The van der Waals surface area contributed by atoms with Crippen molar-refractivity contribution < 1.29 is 0 Å². The molecule has 0 saturated heterocycles. The number of nitrogens with two attached hydrogens (primary N) is 1. The molecular formula is C20H30N6. The number of hydrogen-bond acceptors (Lipinski definition) is 5. The van der Waals surface area contributed by atoms with Gasteiger partial charge in [0.1, 0.15) is 5.82 Å². The lowest BCUT2D eigenvalue weighted by Gasteiger charge is -2.38. The van der Waals surface area contributed by atoms with Gasteiger partial charge in [0.05, 0.1) is 17.4 Å². The van der Waals surface area contributed by atoms with Crippen LogP contribution in [0.4, 0.5) is 0 Å². The van der Waals surface area contributed by atoms with Crippen LogP contribution in [0.15, 0.2) is 18.5 Å². The highest BCUT2D eigenvalue weighted by Crippen LogP contribution is 2.37. The lowest BCUT2D eigenvalue weighted by atomic mass is 9.79. The summed E-state index contributed by atoms with van der Waals surface area (Å²) < 4.78 is 2.00. The third-order valence-electron chi connectivity index (χ3n) is 6.20. The summed E-state index contributed by atoms with van der Waals surface area (Å²) in [5.41, 5.74) is 9.71. The van der Waals surface area contributed by atoms with E-state index in [-0.39, 0.29) is 0 Å². The van der Waals surface area contributed by atoms with Crippen LogP contribution in [-0.4, -0.2) is 44.8 Å². The van der Waals surface area contributed by atoms with E-state index >= 15 is 0 Å². The van der Waals surface area contributed by atoms with Crippen molar-refractivity contribution in [3.8, 4) is 11.3 Å². The van der Waals surface area contributed by atoms with Crippen molar-refractivity contribution in [1.29, 1.82) is 0 Å². The molecule has 0 spiro atoms. The maximum atomic E-state index is 6.76. The maximum Gasteiger partial charge on any atom is 0.148 e. The van der Waals surface area contributed by atoms with Crippen molar-refractivity contribution in [1.82, 2.24) is 24.6 Å². The van der Waals surface area contributed by atoms with Crippen LogP contribution in [0.5, 0.6) is 0 Å². The summed E-state index contributed by atoms with van der Waals surface area (Å²) in [6, 6.07) is 2.60. The van der Waals surface area contributed by atoms with Crippen LogP contribution >= 0.6 is 0 Å². The number of rotatable bonds is 5. The Bertz CT molecular complexity index is 768. The van der Waals surface area contributed by atoms with Gasteiger partial charge in [0.2, 0.25) is 0 Å². The quantitative estimate of drug-likeness (QED) is 0.893. The van der Waals surface area contributed by atoms with E-state index in [2.05, 4.69) is 29.1 Å². The molecule has 2 aromatic heterocycles. The highest BCUT2D eigenvalue weighted by molar-refractivity contribution is 5.61. The summed E-state index contributed by atoms with van der Waals surface area (Å²) >= 11 is 0. The van der Waals surface area contributed by atoms with Gasteiger partial charge in [-0.25, -0.2) is 9.97 Å². The first-order chi connectivity index (χ1) is 12.5. The Labute approximate surface area is 155 Å². The van der Waals surface area contributed by atoms with Crippen LogP contribution in [0.25, 0.3) is 11.3 Å². The molecular weight excluding hydrogens is 324 g/mol. The van der Waals surface area contributed by atoms with Gasteiger partial charge >= 0.3 is 0 Å². The van der Waals surface area contributed by atoms with Gasteiger partial charge in [-0.15, -0.1) is 0 Å². The first kappa shape index (κ1) is 17.6. The van der Waals surface area contributed by atoms with Crippen molar-refractivity contribution in [2.45, 2.75) is 56.5 Å². The highest BCUT2D eigenvalue weighted by atomic mass is 15.3. The molecule has 26 heavy (non-hydrogen) atoms. The Kier molecular flexibility index (Phi) is 4.57. The van der Waals surface area contributed by atoms with Gasteiger partial charge in [-0.3, -0.25) is 4.68 Å². The maximum absolute atomic E-state index is 6.76. The zero-order valence-electron chi connectivity index (χ0n) is 16.1. The zero-order chi connectivity index (χ0) is 18.3. The predicted molar refractivity (Wildman–Crippen MR) is 102 cm³/mol. The molecule has 2 aromatic rings. The second-order valence-electron chi connectivity index (χ2n) is 8.39. The molecule has 0 unspecified atom stereocenters. The standard InChI is InChI=1S/C20H30N6/c1-25(2)15-6-9-20(21,10-7-15)19-22-11-8-17(24-19)16-13-23-26(3)18(16)12-14-4-5-14/h8,11,13-15H,4-7,9-10,12,21H2,1-3H3. The summed E-state index contributed by atoms with van der Waals surface area (Å²) in [7, 11) is 6.32. The normalized spacial score (nSPS) is 26.4. The molecule has 0 amide bonds. The molecule has 2 heterocycles. The summed E-state index contributed by atoms with van der Waals surface area (Å²) in [4.78, 5) is 11.8. The Hall–Kier alpha value is -1.79. The van der Waals surface area contributed by atoms with Crippen LogP contribution in [-0.2, 0) is 19.0 Å². The fourth-order valence-corrected chi connectivity index (χ4v) is 4.12. The molecule has 0 aromatic carbocycles. The first-order valence-electron chi connectivity index (χ1n) is 9.76. The lowest BCUT2D eigenvalue weighted by Crippen LogP contribution is -2.46. The molecule has 2 N–H and O–H groups in total. The molecule has 4 rings (SSSR count). The van der Waals surface area contributed by atoms with Crippen molar-refractivity contribution in [3.63, 3.8) is 0 Å². The van der Waals surface area contributed by atoms with Crippen LogP contribution in [0.2, 0.25) is 0 Å². The van der Waals surface area contributed by atoms with Gasteiger partial charge < -0.3 is 10.6 Å². The van der Waals surface area contributed by atoms with E-state index in [1.54, 1.807) is 0 Å². The number of nitrogens with zero attached hydrogens (tertiary/aromatic N) is 5. The molecule has 2 saturated carbocycles. The largest absolute Gasteiger partial charge is 0.319 e. The van der Waals surface area contributed by atoms with E-state index in [1.165, 1.54) is 18.5 Å². The lowest BCUT2D eigenvalue weighted by molar-refractivity contribution is 0.168. The van der Waals surface area contributed by atoms with E-state index in [9.17, 15) is 0 Å². The minimum absolute atomic E-state index is 0.415. The average molecular weight is 355 g/mol. The molecule has 6 nitrogen and oxygen atoms in total. The molecule has 0 aliphatic heterocycles. The minimum Gasteiger partial charge on any atom is -0.319 e. The molecule has 0 radical (unpaired) electrons.